The van der Waals surface area contributed by atoms with Crippen molar-refractivity contribution < 1.29 is 4.74 Å². The Morgan fingerprint density at radius 3 is 2.64 bits per heavy atom. The fourth-order valence-electron chi connectivity index (χ4n) is 1.38. The van der Waals surface area contributed by atoms with E-state index >= 15 is 0 Å². The summed E-state index contributed by atoms with van der Waals surface area (Å²) in [6.07, 6.45) is 4.93. The molecule has 2 N–H and O–H groups in total. The highest BCUT2D eigenvalue weighted by molar-refractivity contribution is 4.92. The fourth-order valence-corrected chi connectivity index (χ4v) is 1.38. The van der Waals surface area contributed by atoms with Gasteiger partial charge in [-0.05, 0) is 37.6 Å². The van der Waals surface area contributed by atoms with Crippen LogP contribution in [-0.4, -0.2) is 19.8 Å². The Balaban J connectivity index is 2.04. The predicted octanol–water partition coefficient (Wildman–Crippen LogP) is 1.54. The fraction of sp³-hybridized carbons (Fsp3) is 1.00. The Labute approximate surface area is 69.1 Å². The van der Waals surface area contributed by atoms with Crippen molar-refractivity contribution >= 4 is 0 Å². The van der Waals surface area contributed by atoms with Crippen molar-refractivity contribution in [3.05, 3.63) is 0 Å². The summed E-state index contributed by atoms with van der Waals surface area (Å²) >= 11 is 0. The van der Waals surface area contributed by atoms with Crippen LogP contribution >= 0.6 is 0 Å². The molecule has 1 saturated carbocycles. The third kappa shape index (κ3) is 2.80. The van der Waals surface area contributed by atoms with Crippen molar-refractivity contribution in [3.63, 3.8) is 0 Å². The molecule has 0 bridgehead atoms. The van der Waals surface area contributed by atoms with Crippen LogP contribution in [0, 0.1) is 5.41 Å². The zero-order chi connectivity index (χ0) is 8.16. The van der Waals surface area contributed by atoms with Gasteiger partial charge in [-0.1, -0.05) is 6.92 Å². The normalized spacial score (nSPS) is 20.2. The first-order valence-electron chi connectivity index (χ1n) is 4.61. The molecule has 0 radical (unpaired) electrons. The zero-order valence-electron chi connectivity index (χ0n) is 7.44. The molecule has 1 rings (SSSR count). The smallest absolute Gasteiger partial charge is 0.0522 e. The quantitative estimate of drug-likeness (QED) is 0.594. The van der Waals surface area contributed by atoms with E-state index in [2.05, 4.69) is 6.92 Å². The molecule has 0 heterocycles. The van der Waals surface area contributed by atoms with E-state index in [9.17, 15) is 0 Å². The first-order valence-corrected chi connectivity index (χ1v) is 4.61. The van der Waals surface area contributed by atoms with E-state index in [-0.39, 0.29) is 0 Å². The maximum absolute atomic E-state index is 5.51. The van der Waals surface area contributed by atoms with Gasteiger partial charge < -0.3 is 10.5 Å². The van der Waals surface area contributed by atoms with Crippen LogP contribution in [0.4, 0.5) is 0 Å². The topological polar surface area (TPSA) is 35.2 Å². The van der Waals surface area contributed by atoms with Gasteiger partial charge in [0.05, 0.1) is 6.61 Å². The SMILES string of the molecule is CCCOCC1(CCN)CC1. The Hall–Kier alpha value is -0.0800. The molecule has 0 aliphatic heterocycles. The maximum atomic E-state index is 5.51. The van der Waals surface area contributed by atoms with Gasteiger partial charge in [-0.3, -0.25) is 0 Å². The number of hydrogen-bond donors (Lipinski definition) is 1. The van der Waals surface area contributed by atoms with E-state index in [0.717, 1.165) is 32.6 Å². The highest BCUT2D eigenvalue weighted by Crippen LogP contribution is 2.48. The molecule has 1 fully saturated rings. The van der Waals surface area contributed by atoms with Crippen molar-refractivity contribution in [2.75, 3.05) is 19.8 Å². The number of ether oxygens (including phenoxy) is 1. The molecular formula is C9H19NO. The molecule has 2 nitrogen and oxygen atoms in total. The Morgan fingerprint density at radius 2 is 2.18 bits per heavy atom. The van der Waals surface area contributed by atoms with Gasteiger partial charge in [0.15, 0.2) is 0 Å². The monoisotopic (exact) mass is 157 g/mol. The highest BCUT2D eigenvalue weighted by atomic mass is 16.5. The van der Waals surface area contributed by atoms with E-state index in [1.165, 1.54) is 12.8 Å². The van der Waals surface area contributed by atoms with Crippen LogP contribution in [0.5, 0.6) is 0 Å². The Bertz CT molecular complexity index is 110. The minimum Gasteiger partial charge on any atom is -0.381 e. The standard InChI is InChI=1S/C9H19NO/c1-2-7-11-8-9(3-4-9)5-6-10/h2-8,10H2,1H3. The summed E-state index contributed by atoms with van der Waals surface area (Å²) in [6.45, 7) is 4.81. The first kappa shape index (κ1) is 9.01. The lowest BCUT2D eigenvalue weighted by Gasteiger charge is -2.13. The number of nitrogens with two attached hydrogens (primary N) is 1. The van der Waals surface area contributed by atoms with Gasteiger partial charge in [-0.2, -0.15) is 0 Å². The predicted molar refractivity (Wildman–Crippen MR) is 46.4 cm³/mol. The lowest BCUT2D eigenvalue weighted by molar-refractivity contribution is 0.0881. The van der Waals surface area contributed by atoms with Crippen molar-refractivity contribution in [1.82, 2.24) is 0 Å². The molecule has 0 unspecified atom stereocenters. The van der Waals surface area contributed by atoms with Crippen molar-refractivity contribution in [2.45, 2.75) is 32.6 Å². The van der Waals surface area contributed by atoms with Crippen molar-refractivity contribution in [1.29, 1.82) is 0 Å². The Morgan fingerprint density at radius 1 is 1.45 bits per heavy atom. The summed E-state index contributed by atoms with van der Waals surface area (Å²) in [4.78, 5) is 0. The molecule has 0 spiro atoms. The van der Waals surface area contributed by atoms with Crippen LogP contribution in [0.1, 0.15) is 32.6 Å². The van der Waals surface area contributed by atoms with Gasteiger partial charge in [-0.25, -0.2) is 0 Å². The van der Waals surface area contributed by atoms with Crippen LogP contribution in [0.15, 0.2) is 0 Å². The molecule has 0 amide bonds. The van der Waals surface area contributed by atoms with E-state index in [1.807, 2.05) is 0 Å². The number of rotatable bonds is 6. The lowest BCUT2D eigenvalue weighted by Crippen LogP contribution is -2.15. The van der Waals surface area contributed by atoms with Gasteiger partial charge in [-0.15, -0.1) is 0 Å². The maximum Gasteiger partial charge on any atom is 0.0522 e. The van der Waals surface area contributed by atoms with Gasteiger partial charge in [0.1, 0.15) is 0 Å². The summed E-state index contributed by atoms with van der Waals surface area (Å²) < 4.78 is 5.51. The van der Waals surface area contributed by atoms with Crippen LogP contribution in [0.25, 0.3) is 0 Å². The third-order valence-corrected chi connectivity index (χ3v) is 2.39. The van der Waals surface area contributed by atoms with Gasteiger partial charge >= 0.3 is 0 Å². The van der Waals surface area contributed by atoms with Gasteiger partial charge in [0.25, 0.3) is 0 Å². The molecule has 0 saturated heterocycles. The molecule has 1 aliphatic rings. The van der Waals surface area contributed by atoms with E-state index in [0.29, 0.717) is 5.41 Å². The van der Waals surface area contributed by atoms with Gasteiger partial charge in [0, 0.05) is 6.61 Å². The van der Waals surface area contributed by atoms with Crippen molar-refractivity contribution in [3.8, 4) is 0 Å². The lowest BCUT2D eigenvalue weighted by atomic mass is 10.0. The van der Waals surface area contributed by atoms with Crippen LogP contribution < -0.4 is 5.73 Å². The average Bonchev–Trinajstić information content (AvgIpc) is 2.71. The van der Waals surface area contributed by atoms with E-state index in [4.69, 9.17) is 10.5 Å². The second kappa shape index (κ2) is 4.07. The molecule has 66 valence electrons. The van der Waals surface area contributed by atoms with E-state index < -0.39 is 0 Å². The molecule has 11 heavy (non-hydrogen) atoms. The Kier molecular flexibility index (Phi) is 3.34. The molecular weight excluding hydrogens is 138 g/mol. The summed E-state index contributed by atoms with van der Waals surface area (Å²) in [5, 5.41) is 0. The summed E-state index contributed by atoms with van der Waals surface area (Å²) in [6, 6.07) is 0. The highest BCUT2D eigenvalue weighted by Gasteiger charge is 2.41. The second-order valence-corrected chi connectivity index (χ2v) is 3.59. The molecule has 0 atom stereocenters. The minimum atomic E-state index is 0.504. The summed E-state index contributed by atoms with van der Waals surface area (Å²) in [7, 11) is 0. The van der Waals surface area contributed by atoms with Crippen molar-refractivity contribution in [2.24, 2.45) is 11.1 Å². The minimum absolute atomic E-state index is 0.504. The van der Waals surface area contributed by atoms with Crippen LogP contribution in [-0.2, 0) is 4.74 Å². The molecule has 1 aliphatic carbocycles. The average molecular weight is 157 g/mol. The number of hydrogen-bond acceptors (Lipinski definition) is 2. The molecule has 2 heteroatoms. The first-order chi connectivity index (χ1) is 5.33. The molecule has 0 aromatic carbocycles. The van der Waals surface area contributed by atoms with Crippen LogP contribution in [0.2, 0.25) is 0 Å². The van der Waals surface area contributed by atoms with Crippen LogP contribution in [0.3, 0.4) is 0 Å². The third-order valence-electron chi connectivity index (χ3n) is 2.39. The largest absolute Gasteiger partial charge is 0.381 e. The summed E-state index contributed by atoms with van der Waals surface area (Å²) in [5.74, 6) is 0. The molecule has 0 aromatic rings. The van der Waals surface area contributed by atoms with Gasteiger partial charge in [0.2, 0.25) is 0 Å². The van der Waals surface area contributed by atoms with E-state index in [1.54, 1.807) is 0 Å². The summed E-state index contributed by atoms with van der Waals surface area (Å²) in [5.41, 5.74) is 6.01. The molecule has 0 aromatic heterocycles. The second-order valence-electron chi connectivity index (χ2n) is 3.59. The zero-order valence-corrected chi connectivity index (χ0v) is 7.44.